The second-order valence-electron chi connectivity index (χ2n) is 7.09. The van der Waals surface area contributed by atoms with E-state index >= 15 is 0 Å². The van der Waals surface area contributed by atoms with Crippen molar-refractivity contribution in [2.45, 2.75) is 70.8 Å². The molecule has 114 valence electrons. The second kappa shape index (κ2) is 5.51. The fourth-order valence-corrected chi connectivity index (χ4v) is 2.48. The third kappa shape index (κ3) is 4.08. The minimum atomic E-state index is -0.968. The van der Waals surface area contributed by atoms with Crippen LogP contribution in [0.25, 0.3) is 0 Å². The Bertz CT molecular complexity index is 439. The van der Waals surface area contributed by atoms with Crippen molar-refractivity contribution < 1.29 is 14.3 Å². The Morgan fingerprint density at radius 2 is 1.95 bits per heavy atom. The molecule has 0 bridgehead atoms. The standard InChI is InChI=1S/C16H27NO3/c1-11-6-7-14(19-11)16(5,18)10-17-12-8-13(9-12)20-15(2,3)4/h6-7,12-13,17-18H,8-10H2,1-5H3. The van der Waals surface area contributed by atoms with Crippen molar-refractivity contribution in [3.05, 3.63) is 23.7 Å². The summed E-state index contributed by atoms with van der Waals surface area (Å²) in [5, 5.41) is 13.8. The first-order valence-electron chi connectivity index (χ1n) is 7.36. The van der Waals surface area contributed by atoms with E-state index in [2.05, 4.69) is 26.1 Å². The van der Waals surface area contributed by atoms with Gasteiger partial charge >= 0.3 is 0 Å². The molecule has 1 atom stereocenters. The summed E-state index contributed by atoms with van der Waals surface area (Å²) >= 11 is 0. The minimum absolute atomic E-state index is 0.0766. The van der Waals surface area contributed by atoms with Crippen molar-refractivity contribution in [2.75, 3.05) is 6.54 Å². The number of hydrogen-bond acceptors (Lipinski definition) is 4. The summed E-state index contributed by atoms with van der Waals surface area (Å²) in [4.78, 5) is 0. The Labute approximate surface area is 121 Å². The molecule has 1 fully saturated rings. The average molecular weight is 281 g/mol. The fourth-order valence-electron chi connectivity index (χ4n) is 2.48. The largest absolute Gasteiger partial charge is 0.463 e. The Hall–Kier alpha value is -0.840. The number of aliphatic hydroxyl groups is 1. The van der Waals surface area contributed by atoms with Crippen LogP contribution in [0.15, 0.2) is 16.5 Å². The Morgan fingerprint density at radius 1 is 1.30 bits per heavy atom. The van der Waals surface area contributed by atoms with Gasteiger partial charge in [0.15, 0.2) is 0 Å². The zero-order valence-corrected chi connectivity index (χ0v) is 13.2. The second-order valence-corrected chi connectivity index (χ2v) is 7.09. The lowest BCUT2D eigenvalue weighted by molar-refractivity contribution is -0.104. The minimum Gasteiger partial charge on any atom is -0.463 e. The Morgan fingerprint density at radius 3 is 2.45 bits per heavy atom. The highest BCUT2D eigenvalue weighted by Crippen LogP contribution is 2.29. The first-order chi connectivity index (χ1) is 9.16. The molecule has 1 aromatic heterocycles. The molecule has 0 amide bonds. The summed E-state index contributed by atoms with van der Waals surface area (Å²) in [6.07, 6.45) is 2.35. The van der Waals surface area contributed by atoms with E-state index in [9.17, 15) is 5.11 Å². The van der Waals surface area contributed by atoms with Gasteiger partial charge < -0.3 is 19.6 Å². The van der Waals surface area contributed by atoms with Crippen LogP contribution in [0.5, 0.6) is 0 Å². The molecule has 20 heavy (non-hydrogen) atoms. The van der Waals surface area contributed by atoms with Crippen LogP contribution in [0.3, 0.4) is 0 Å². The molecule has 1 saturated carbocycles. The van der Waals surface area contributed by atoms with Gasteiger partial charge in [-0.2, -0.15) is 0 Å². The highest BCUT2D eigenvalue weighted by atomic mass is 16.5. The molecule has 4 nitrogen and oxygen atoms in total. The number of nitrogens with one attached hydrogen (secondary N) is 1. The summed E-state index contributed by atoms with van der Waals surface area (Å²) < 4.78 is 11.4. The molecular weight excluding hydrogens is 254 g/mol. The lowest BCUT2D eigenvalue weighted by atomic mass is 9.88. The van der Waals surface area contributed by atoms with Gasteiger partial charge in [-0.25, -0.2) is 0 Å². The molecule has 0 spiro atoms. The third-order valence-electron chi connectivity index (χ3n) is 3.62. The maximum absolute atomic E-state index is 10.4. The molecule has 0 aliphatic heterocycles. The number of aryl methyl sites for hydroxylation is 1. The van der Waals surface area contributed by atoms with Gasteiger partial charge in [-0.05, 0) is 59.6 Å². The van der Waals surface area contributed by atoms with E-state index in [-0.39, 0.29) is 5.60 Å². The number of ether oxygens (including phenoxy) is 1. The quantitative estimate of drug-likeness (QED) is 0.871. The SMILES string of the molecule is Cc1ccc(C(C)(O)CNC2CC(OC(C)(C)C)C2)o1. The third-order valence-corrected chi connectivity index (χ3v) is 3.62. The molecular formula is C16H27NO3. The van der Waals surface area contributed by atoms with E-state index in [0.717, 1.165) is 18.6 Å². The molecule has 1 unspecified atom stereocenters. The van der Waals surface area contributed by atoms with Gasteiger partial charge in [-0.3, -0.25) is 0 Å². The van der Waals surface area contributed by atoms with Crippen LogP contribution in [0, 0.1) is 6.92 Å². The van der Waals surface area contributed by atoms with Crippen molar-refractivity contribution in [1.29, 1.82) is 0 Å². The monoisotopic (exact) mass is 281 g/mol. The highest BCUT2D eigenvalue weighted by molar-refractivity contribution is 5.13. The van der Waals surface area contributed by atoms with Gasteiger partial charge in [0, 0.05) is 12.6 Å². The molecule has 2 rings (SSSR count). The van der Waals surface area contributed by atoms with E-state index in [4.69, 9.17) is 9.15 Å². The predicted octanol–water partition coefficient (Wildman–Crippen LogP) is 2.73. The molecule has 0 radical (unpaired) electrons. The lowest BCUT2D eigenvalue weighted by Crippen LogP contribution is -2.51. The van der Waals surface area contributed by atoms with Gasteiger partial charge in [-0.15, -0.1) is 0 Å². The molecule has 1 aromatic rings. The molecule has 0 saturated heterocycles. The van der Waals surface area contributed by atoms with Gasteiger partial charge in [-0.1, -0.05) is 0 Å². The van der Waals surface area contributed by atoms with Gasteiger partial charge in [0.2, 0.25) is 0 Å². The van der Waals surface area contributed by atoms with Crippen molar-refractivity contribution in [3.63, 3.8) is 0 Å². The van der Waals surface area contributed by atoms with Crippen LogP contribution in [-0.4, -0.2) is 29.4 Å². The van der Waals surface area contributed by atoms with Crippen LogP contribution in [0.4, 0.5) is 0 Å². The van der Waals surface area contributed by atoms with Crippen LogP contribution in [-0.2, 0) is 10.3 Å². The van der Waals surface area contributed by atoms with Crippen LogP contribution in [0.1, 0.15) is 52.1 Å². The van der Waals surface area contributed by atoms with E-state index in [1.165, 1.54) is 0 Å². The van der Waals surface area contributed by atoms with Gasteiger partial charge in [0.1, 0.15) is 17.1 Å². The summed E-state index contributed by atoms with van der Waals surface area (Å²) in [5.74, 6) is 1.44. The van der Waals surface area contributed by atoms with Gasteiger partial charge in [0.25, 0.3) is 0 Å². The topological polar surface area (TPSA) is 54.6 Å². The summed E-state index contributed by atoms with van der Waals surface area (Å²) in [6.45, 7) is 10.4. The Kier molecular flexibility index (Phi) is 4.28. The van der Waals surface area contributed by atoms with E-state index in [0.29, 0.717) is 24.5 Å². The lowest BCUT2D eigenvalue weighted by Gasteiger charge is -2.40. The highest BCUT2D eigenvalue weighted by Gasteiger charge is 2.35. The summed E-state index contributed by atoms with van der Waals surface area (Å²) in [6, 6.07) is 4.13. The molecule has 1 heterocycles. The first-order valence-corrected chi connectivity index (χ1v) is 7.36. The normalized spacial score (nSPS) is 26.1. The predicted molar refractivity (Wildman–Crippen MR) is 78.7 cm³/mol. The van der Waals surface area contributed by atoms with E-state index in [1.54, 1.807) is 6.92 Å². The van der Waals surface area contributed by atoms with Crippen LogP contribution < -0.4 is 5.32 Å². The van der Waals surface area contributed by atoms with Crippen molar-refractivity contribution in [2.24, 2.45) is 0 Å². The van der Waals surface area contributed by atoms with Crippen molar-refractivity contribution >= 4 is 0 Å². The fraction of sp³-hybridized carbons (Fsp3) is 0.750. The number of furan rings is 1. The van der Waals surface area contributed by atoms with Crippen molar-refractivity contribution in [3.8, 4) is 0 Å². The Balaban J connectivity index is 1.74. The summed E-state index contributed by atoms with van der Waals surface area (Å²) in [5.41, 5.74) is -1.04. The van der Waals surface area contributed by atoms with Crippen LogP contribution >= 0.6 is 0 Å². The zero-order chi connectivity index (χ0) is 15.0. The maximum atomic E-state index is 10.4. The van der Waals surface area contributed by atoms with E-state index in [1.807, 2.05) is 19.1 Å². The smallest absolute Gasteiger partial charge is 0.136 e. The molecule has 0 aromatic carbocycles. The molecule has 2 N–H and O–H groups in total. The van der Waals surface area contributed by atoms with Gasteiger partial charge in [0.05, 0.1) is 11.7 Å². The maximum Gasteiger partial charge on any atom is 0.136 e. The number of rotatable bonds is 5. The van der Waals surface area contributed by atoms with Crippen LogP contribution in [0.2, 0.25) is 0 Å². The number of hydrogen-bond donors (Lipinski definition) is 2. The van der Waals surface area contributed by atoms with E-state index < -0.39 is 5.60 Å². The first kappa shape index (κ1) is 15.5. The zero-order valence-electron chi connectivity index (χ0n) is 13.2. The summed E-state index contributed by atoms with van der Waals surface area (Å²) in [7, 11) is 0. The molecule has 1 aliphatic carbocycles. The molecule has 1 aliphatic rings. The van der Waals surface area contributed by atoms with Crippen molar-refractivity contribution in [1.82, 2.24) is 5.32 Å². The average Bonchev–Trinajstić information content (AvgIpc) is 2.67. The molecule has 4 heteroatoms.